The topological polar surface area (TPSA) is 106 Å². The van der Waals surface area contributed by atoms with Crippen LogP contribution in [0.5, 0.6) is 0 Å². The Balaban J connectivity index is 1.37. The SMILES string of the molecule is O=C(Nc1cc(C(=O)O)ccc1-n1cnnc1)OCC1c2ccccc2-c2ccccc21. The van der Waals surface area contributed by atoms with Crippen molar-refractivity contribution in [1.82, 2.24) is 14.8 Å². The van der Waals surface area contributed by atoms with Gasteiger partial charge in [-0.1, -0.05) is 48.5 Å². The Bertz CT molecular complexity index is 1270. The van der Waals surface area contributed by atoms with E-state index in [1.54, 1.807) is 10.6 Å². The van der Waals surface area contributed by atoms with Crippen LogP contribution in [0.25, 0.3) is 16.8 Å². The maximum absolute atomic E-state index is 12.7. The van der Waals surface area contributed by atoms with Crippen LogP contribution in [0.4, 0.5) is 10.5 Å². The van der Waals surface area contributed by atoms with Crippen molar-refractivity contribution in [2.45, 2.75) is 5.92 Å². The number of nitrogens with one attached hydrogen (secondary N) is 1. The van der Waals surface area contributed by atoms with E-state index in [1.807, 2.05) is 36.4 Å². The lowest BCUT2D eigenvalue weighted by Crippen LogP contribution is -2.19. The van der Waals surface area contributed by atoms with Crippen molar-refractivity contribution >= 4 is 17.7 Å². The molecule has 158 valence electrons. The first-order valence-electron chi connectivity index (χ1n) is 9.96. The fraction of sp³-hybridized carbons (Fsp3) is 0.0833. The van der Waals surface area contributed by atoms with Gasteiger partial charge in [0.1, 0.15) is 19.3 Å². The largest absolute Gasteiger partial charge is 0.478 e. The van der Waals surface area contributed by atoms with Crippen LogP contribution in [0.3, 0.4) is 0 Å². The number of carbonyl (C=O) groups is 2. The van der Waals surface area contributed by atoms with E-state index < -0.39 is 12.1 Å². The number of rotatable bonds is 5. The number of benzene rings is 3. The molecule has 0 aliphatic heterocycles. The monoisotopic (exact) mass is 426 g/mol. The van der Waals surface area contributed by atoms with E-state index in [0.717, 1.165) is 22.3 Å². The number of carboxylic acid groups (broad SMARTS) is 1. The Morgan fingerprint density at radius 1 is 0.938 bits per heavy atom. The Hall–Kier alpha value is -4.46. The Morgan fingerprint density at radius 3 is 2.19 bits per heavy atom. The van der Waals surface area contributed by atoms with E-state index in [-0.39, 0.29) is 23.8 Å². The molecule has 0 spiro atoms. The van der Waals surface area contributed by atoms with Gasteiger partial charge in [-0.2, -0.15) is 0 Å². The molecule has 0 saturated heterocycles. The van der Waals surface area contributed by atoms with Crippen molar-refractivity contribution in [3.05, 3.63) is 96.1 Å². The predicted octanol–water partition coefficient (Wildman–Crippen LogP) is 4.33. The molecule has 0 fully saturated rings. The minimum absolute atomic E-state index is 0.0378. The summed E-state index contributed by atoms with van der Waals surface area (Å²) in [5.74, 6) is -1.17. The first-order valence-corrected chi connectivity index (χ1v) is 9.96. The summed E-state index contributed by atoms with van der Waals surface area (Å²) < 4.78 is 7.15. The summed E-state index contributed by atoms with van der Waals surface area (Å²) in [6, 6.07) is 20.5. The van der Waals surface area contributed by atoms with Crippen LogP contribution in [0, 0.1) is 0 Å². The van der Waals surface area contributed by atoms with Crippen LogP contribution in [0.1, 0.15) is 27.4 Å². The van der Waals surface area contributed by atoms with E-state index in [2.05, 4.69) is 27.6 Å². The highest BCUT2D eigenvalue weighted by Crippen LogP contribution is 2.44. The molecule has 1 heterocycles. The number of carbonyl (C=O) groups excluding carboxylic acids is 1. The van der Waals surface area contributed by atoms with Crippen LogP contribution < -0.4 is 5.32 Å². The molecule has 0 saturated carbocycles. The number of hydrogen-bond donors (Lipinski definition) is 2. The summed E-state index contributed by atoms with van der Waals surface area (Å²) in [5, 5.41) is 19.5. The number of amides is 1. The molecular formula is C24H18N4O4. The van der Waals surface area contributed by atoms with E-state index in [1.165, 1.54) is 24.8 Å². The molecule has 0 unspecified atom stereocenters. The highest BCUT2D eigenvalue weighted by atomic mass is 16.5. The molecule has 8 heteroatoms. The molecule has 0 radical (unpaired) electrons. The summed E-state index contributed by atoms with van der Waals surface area (Å²) in [7, 11) is 0. The second kappa shape index (κ2) is 7.99. The zero-order valence-corrected chi connectivity index (χ0v) is 16.8. The van der Waals surface area contributed by atoms with Gasteiger partial charge in [-0.25, -0.2) is 9.59 Å². The number of aromatic nitrogens is 3. The third-order valence-electron chi connectivity index (χ3n) is 5.52. The number of carboxylic acids is 1. The zero-order valence-electron chi connectivity index (χ0n) is 16.8. The number of nitrogens with zero attached hydrogens (tertiary/aromatic N) is 3. The summed E-state index contributed by atoms with van der Waals surface area (Å²) >= 11 is 0. The van der Waals surface area contributed by atoms with Crippen LogP contribution in [-0.2, 0) is 4.74 Å². The molecule has 1 aliphatic carbocycles. The van der Waals surface area contributed by atoms with Gasteiger partial charge in [0.15, 0.2) is 0 Å². The van der Waals surface area contributed by atoms with Crippen molar-refractivity contribution in [2.75, 3.05) is 11.9 Å². The molecule has 4 aromatic rings. The molecule has 32 heavy (non-hydrogen) atoms. The standard InChI is InChI=1S/C24H18N4O4/c29-23(30)15-9-10-22(28-13-25-26-14-28)21(11-15)27-24(31)32-12-20-18-7-3-1-5-16(18)17-6-2-4-8-19(17)20/h1-11,13-14,20H,12H2,(H,27,31)(H,29,30). The smallest absolute Gasteiger partial charge is 0.411 e. The minimum atomic E-state index is -1.10. The van der Waals surface area contributed by atoms with Gasteiger partial charge in [-0.3, -0.25) is 9.88 Å². The average molecular weight is 426 g/mol. The molecule has 1 aromatic heterocycles. The fourth-order valence-corrected chi connectivity index (χ4v) is 4.06. The third kappa shape index (κ3) is 3.47. The number of aromatic carboxylic acids is 1. The Kier molecular flexibility index (Phi) is 4.87. The van der Waals surface area contributed by atoms with Crippen molar-refractivity contribution in [2.24, 2.45) is 0 Å². The van der Waals surface area contributed by atoms with E-state index in [4.69, 9.17) is 4.74 Å². The number of fused-ring (bicyclic) bond motifs is 3. The normalized spacial score (nSPS) is 12.1. The number of hydrogen-bond acceptors (Lipinski definition) is 5. The molecule has 8 nitrogen and oxygen atoms in total. The quantitative estimate of drug-likeness (QED) is 0.492. The average Bonchev–Trinajstić information content (AvgIpc) is 3.44. The van der Waals surface area contributed by atoms with Crippen LogP contribution >= 0.6 is 0 Å². The van der Waals surface area contributed by atoms with Crippen LogP contribution in [-0.4, -0.2) is 38.5 Å². The highest BCUT2D eigenvalue weighted by molar-refractivity contribution is 5.93. The van der Waals surface area contributed by atoms with E-state index in [0.29, 0.717) is 5.69 Å². The van der Waals surface area contributed by atoms with Gasteiger partial charge in [0.05, 0.1) is 16.9 Å². The highest BCUT2D eigenvalue weighted by Gasteiger charge is 2.29. The third-order valence-corrected chi connectivity index (χ3v) is 5.52. The van der Waals surface area contributed by atoms with Gasteiger partial charge >= 0.3 is 12.1 Å². The fourth-order valence-electron chi connectivity index (χ4n) is 4.06. The maximum atomic E-state index is 12.7. The predicted molar refractivity (Wildman–Crippen MR) is 117 cm³/mol. The van der Waals surface area contributed by atoms with Gasteiger partial charge in [-0.05, 0) is 40.5 Å². The molecule has 1 amide bonds. The maximum Gasteiger partial charge on any atom is 0.411 e. The summed E-state index contributed by atoms with van der Waals surface area (Å²) in [5.41, 5.74) is 5.34. The minimum Gasteiger partial charge on any atom is -0.478 e. The first kappa shape index (κ1) is 19.5. The molecule has 0 bridgehead atoms. The lowest BCUT2D eigenvalue weighted by atomic mass is 9.98. The van der Waals surface area contributed by atoms with Gasteiger partial charge in [0.25, 0.3) is 0 Å². The molecule has 3 aromatic carbocycles. The van der Waals surface area contributed by atoms with E-state index in [9.17, 15) is 14.7 Å². The second-order valence-corrected chi connectivity index (χ2v) is 7.36. The van der Waals surface area contributed by atoms with Crippen molar-refractivity contribution in [1.29, 1.82) is 0 Å². The molecule has 0 atom stereocenters. The van der Waals surface area contributed by atoms with E-state index >= 15 is 0 Å². The lowest BCUT2D eigenvalue weighted by Gasteiger charge is -2.16. The lowest BCUT2D eigenvalue weighted by molar-refractivity contribution is 0.0696. The van der Waals surface area contributed by atoms with Gasteiger partial charge in [0, 0.05) is 5.92 Å². The Morgan fingerprint density at radius 2 is 1.56 bits per heavy atom. The molecular weight excluding hydrogens is 408 g/mol. The number of ether oxygens (including phenoxy) is 1. The van der Waals surface area contributed by atoms with Crippen molar-refractivity contribution < 1.29 is 19.4 Å². The van der Waals surface area contributed by atoms with Crippen LogP contribution in [0.2, 0.25) is 0 Å². The zero-order chi connectivity index (χ0) is 22.1. The van der Waals surface area contributed by atoms with Crippen LogP contribution in [0.15, 0.2) is 79.4 Å². The van der Waals surface area contributed by atoms with Gasteiger partial charge in [-0.15, -0.1) is 10.2 Å². The first-order chi connectivity index (χ1) is 15.6. The molecule has 1 aliphatic rings. The summed E-state index contributed by atoms with van der Waals surface area (Å²) in [6.07, 6.45) is 2.24. The Labute approximate surface area is 183 Å². The van der Waals surface area contributed by atoms with Gasteiger partial charge in [0.2, 0.25) is 0 Å². The van der Waals surface area contributed by atoms with Gasteiger partial charge < -0.3 is 9.84 Å². The molecule has 2 N–H and O–H groups in total. The van der Waals surface area contributed by atoms with Crippen molar-refractivity contribution in [3.63, 3.8) is 0 Å². The number of anilines is 1. The molecule has 5 rings (SSSR count). The summed E-state index contributed by atoms with van der Waals surface area (Å²) in [6.45, 7) is 0.153. The summed E-state index contributed by atoms with van der Waals surface area (Å²) in [4.78, 5) is 24.1. The van der Waals surface area contributed by atoms with Crippen molar-refractivity contribution in [3.8, 4) is 16.8 Å². The second-order valence-electron chi connectivity index (χ2n) is 7.36.